The average molecular weight is 406 g/mol. The molecular weight excluding hydrogens is 382 g/mol. The molecule has 0 aliphatic rings. The van der Waals surface area contributed by atoms with Gasteiger partial charge in [-0.15, -0.1) is 11.8 Å². The Morgan fingerprint density at radius 2 is 1.69 bits per heavy atom. The molecule has 6 heteroatoms. The van der Waals surface area contributed by atoms with Crippen molar-refractivity contribution in [3.8, 4) is 0 Å². The van der Waals surface area contributed by atoms with Gasteiger partial charge in [0.1, 0.15) is 0 Å². The highest BCUT2D eigenvalue weighted by Gasteiger charge is 2.17. The van der Waals surface area contributed by atoms with Gasteiger partial charge in [-0.25, -0.2) is 0 Å². The van der Waals surface area contributed by atoms with Gasteiger partial charge in [-0.1, -0.05) is 48.5 Å². The van der Waals surface area contributed by atoms with Crippen LogP contribution in [0.5, 0.6) is 0 Å². The first-order chi connectivity index (χ1) is 14.1. The highest BCUT2D eigenvalue weighted by atomic mass is 32.2. The SMILES string of the molecule is C[C@H](SCc1ccccc1)C(=O)Nc1ccccc1C(=O)NCc1cccnc1. The average Bonchev–Trinajstić information content (AvgIpc) is 2.77. The minimum absolute atomic E-state index is 0.126. The van der Waals surface area contributed by atoms with E-state index in [2.05, 4.69) is 15.6 Å². The quantitative estimate of drug-likeness (QED) is 0.587. The standard InChI is InChI=1S/C23H23N3O2S/c1-17(29-16-18-8-3-2-4-9-18)22(27)26-21-12-6-5-11-20(21)23(28)25-15-19-10-7-13-24-14-19/h2-14,17H,15-16H2,1H3,(H,25,28)(H,26,27)/t17-/m0/s1. The fourth-order valence-corrected chi connectivity index (χ4v) is 3.52. The number of para-hydroxylation sites is 1. The number of carbonyl (C=O) groups is 2. The number of anilines is 1. The van der Waals surface area contributed by atoms with Gasteiger partial charge in [0.2, 0.25) is 5.91 Å². The zero-order valence-electron chi connectivity index (χ0n) is 16.2. The number of rotatable bonds is 8. The van der Waals surface area contributed by atoms with Crippen molar-refractivity contribution in [3.63, 3.8) is 0 Å². The van der Waals surface area contributed by atoms with Crippen molar-refractivity contribution in [2.75, 3.05) is 5.32 Å². The molecule has 0 aliphatic heterocycles. The van der Waals surface area contributed by atoms with Crippen LogP contribution in [0, 0.1) is 0 Å². The molecule has 29 heavy (non-hydrogen) atoms. The molecule has 0 fully saturated rings. The first-order valence-corrected chi connectivity index (χ1v) is 10.4. The zero-order valence-corrected chi connectivity index (χ0v) is 17.0. The number of hydrogen-bond acceptors (Lipinski definition) is 4. The molecule has 2 amide bonds. The number of thioether (sulfide) groups is 1. The molecule has 0 bridgehead atoms. The monoisotopic (exact) mass is 405 g/mol. The Hall–Kier alpha value is -3.12. The Kier molecular flexibility index (Phi) is 7.41. The van der Waals surface area contributed by atoms with E-state index in [1.807, 2.05) is 49.4 Å². The molecule has 3 aromatic rings. The van der Waals surface area contributed by atoms with Crippen molar-refractivity contribution >= 4 is 29.3 Å². The molecule has 0 saturated heterocycles. The molecule has 0 saturated carbocycles. The van der Waals surface area contributed by atoms with Crippen LogP contribution in [0.1, 0.15) is 28.4 Å². The molecule has 0 spiro atoms. The first-order valence-electron chi connectivity index (χ1n) is 9.36. The lowest BCUT2D eigenvalue weighted by Gasteiger charge is -2.15. The lowest BCUT2D eigenvalue weighted by molar-refractivity contribution is -0.115. The molecule has 2 N–H and O–H groups in total. The first kappa shape index (κ1) is 20.6. The van der Waals surface area contributed by atoms with E-state index >= 15 is 0 Å². The van der Waals surface area contributed by atoms with E-state index < -0.39 is 0 Å². The molecule has 0 aliphatic carbocycles. The van der Waals surface area contributed by atoms with E-state index in [9.17, 15) is 9.59 Å². The number of amides is 2. The van der Waals surface area contributed by atoms with E-state index in [0.717, 1.165) is 11.3 Å². The summed E-state index contributed by atoms with van der Waals surface area (Å²) in [5, 5.41) is 5.51. The second-order valence-corrected chi connectivity index (χ2v) is 7.85. The predicted molar refractivity (Wildman–Crippen MR) is 118 cm³/mol. The summed E-state index contributed by atoms with van der Waals surface area (Å²) in [7, 11) is 0. The third kappa shape index (κ3) is 6.19. The van der Waals surface area contributed by atoms with E-state index in [-0.39, 0.29) is 17.1 Å². The van der Waals surface area contributed by atoms with E-state index in [1.54, 1.807) is 48.4 Å². The molecule has 1 atom stereocenters. The molecule has 148 valence electrons. The number of aromatic nitrogens is 1. The molecular formula is C23H23N3O2S. The number of carbonyl (C=O) groups excluding carboxylic acids is 2. The maximum Gasteiger partial charge on any atom is 0.253 e. The summed E-state index contributed by atoms with van der Waals surface area (Å²) in [4.78, 5) is 29.3. The lowest BCUT2D eigenvalue weighted by Crippen LogP contribution is -2.27. The Balaban J connectivity index is 1.59. The van der Waals surface area contributed by atoms with Crippen LogP contribution in [0.4, 0.5) is 5.69 Å². The van der Waals surface area contributed by atoms with Crippen molar-refractivity contribution < 1.29 is 9.59 Å². The van der Waals surface area contributed by atoms with Gasteiger partial charge in [0.05, 0.1) is 16.5 Å². The number of nitrogens with one attached hydrogen (secondary N) is 2. The number of pyridine rings is 1. The summed E-state index contributed by atoms with van der Waals surface area (Å²) >= 11 is 1.56. The Morgan fingerprint density at radius 3 is 2.45 bits per heavy atom. The Bertz CT molecular complexity index is 949. The van der Waals surface area contributed by atoms with Crippen LogP contribution in [0.3, 0.4) is 0 Å². The third-order valence-electron chi connectivity index (χ3n) is 4.32. The number of benzene rings is 2. The zero-order chi connectivity index (χ0) is 20.5. The molecule has 0 unspecified atom stereocenters. The van der Waals surface area contributed by atoms with Crippen LogP contribution in [0.2, 0.25) is 0 Å². The maximum atomic E-state index is 12.6. The highest BCUT2D eigenvalue weighted by Crippen LogP contribution is 2.21. The minimum Gasteiger partial charge on any atom is -0.348 e. The van der Waals surface area contributed by atoms with Gasteiger partial charge in [0.25, 0.3) is 5.91 Å². The predicted octanol–water partition coefficient (Wildman–Crippen LogP) is 4.27. The molecule has 1 heterocycles. The fraction of sp³-hybridized carbons (Fsp3) is 0.174. The van der Waals surface area contributed by atoms with Gasteiger partial charge in [-0.2, -0.15) is 0 Å². The van der Waals surface area contributed by atoms with Gasteiger partial charge in [-0.05, 0) is 36.2 Å². The van der Waals surface area contributed by atoms with Gasteiger partial charge in [0.15, 0.2) is 0 Å². The van der Waals surface area contributed by atoms with E-state index in [1.165, 1.54) is 5.56 Å². The molecule has 5 nitrogen and oxygen atoms in total. The van der Waals surface area contributed by atoms with Crippen LogP contribution < -0.4 is 10.6 Å². The number of hydrogen-bond donors (Lipinski definition) is 2. The minimum atomic E-state index is -0.248. The van der Waals surface area contributed by atoms with Gasteiger partial charge in [-0.3, -0.25) is 14.6 Å². The summed E-state index contributed by atoms with van der Waals surface area (Å²) in [6.07, 6.45) is 3.40. The Labute approximate surface area is 175 Å². The van der Waals surface area contributed by atoms with Crippen LogP contribution in [0.15, 0.2) is 79.1 Å². The molecule has 1 aromatic heterocycles. The number of nitrogens with zero attached hydrogens (tertiary/aromatic N) is 1. The van der Waals surface area contributed by atoms with E-state index in [4.69, 9.17) is 0 Å². The molecule has 3 rings (SSSR count). The highest BCUT2D eigenvalue weighted by molar-refractivity contribution is 7.99. The molecule has 2 aromatic carbocycles. The van der Waals surface area contributed by atoms with Crippen molar-refractivity contribution in [1.82, 2.24) is 10.3 Å². The normalized spacial score (nSPS) is 11.5. The van der Waals surface area contributed by atoms with E-state index in [0.29, 0.717) is 17.8 Å². The van der Waals surface area contributed by atoms with Crippen molar-refractivity contribution in [1.29, 1.82) is 0 Å². The summed E-state index contributed by atoms with van der Waals surface area (Å²) in [5.74, 6) is 0.385. The third-order valence-corrected chi connectivity index (χ3v) is 5.53. The van der Waals surface area contributed by atoms with Crippen molar-refractivity contribution in [3.05, 3.63) is 95.8 Å². The molecule has 0 radical (unpaired) electrons. The van der Waals surface area contributed by atoms with Crippen molar-refractivity contribution in [2.24, 2.45) is 0 Å². The lowest BCUT2D eigenvalue weighted by atomic mass is 10.1. The van der Waals surface area contributed by atoms with Crippen LogP contribution >= 0.6 is 11.8 Å². The van der Waals surface area contributed by atoms with Gasteiger partial charge in [0, 0.05) is 24.7 Å². The van der Waals surface area contributed by atoms with Crippen molar-refractivity contribution in [2.45, 2.75) is 24.5 Å². The van der Waals surface area contributed by atoms with Crippen LogP contribution in [0.25, 0.3) is 0 Å². The summed E-state index contributed by atoms with van der Waals surface area (Å²) in [5.41, 5.74) is 3.03. The van der Waals surface area contributed by atoms with Crippen LogP contribution in [-0.4, -0.2) is 22.0 Å². The summed E-state index contributed by atoms with van der Waals surface area (Å²) in [6, 6.07) is 20.8. The van der Waals surface area contributed by atoms with Crippen LogP contribution in [-0.2, 0) is 17.1 Å². The second-order valence-electron chi connectivity index (χ2n) is 6.52. The smallest absolute Gasteiger partial charge is 0.253 e. The Morgan fingerprint density at radius 1 is 0.966 bits per heavy atom. The largest absolute Gasteiger partial charge is 0.348 e. The fourth-order valence-electron chi connectivity index (χ4n) is 2.68. The van der Waals surface area contributed by atoms with Gasteiger partial charge >= 0.3 is 0 Å². The van der Waals surface area contributed by atoms with Gasteiger partial charge < -0.3 is 10.6 Å². The summed E-state index contributed by atoms with van der Waals surface area (Å²) in [6.45, 7) is 2.24. The second kappa shape index (κ2) is 10.4. The topological polar surface area (TPSA) is 71.1 Å². The summed E-state index contributed by atoms with van der Waals surface area (Å²) < 4.78 is 0. The maximum absolute atomic E-state index is 12.6.